The maximum absolute atomic E-state index is 13.6. The van der Waals surface area contributed by atoms with Gasteiger partial charge in [0.2, 0.25) is 10.0 Å². The Balaban J connectivity index is 1.37. The fourth-order valence-corrected chi connectivity index (χ4v) is 7.14. The van der Waals surface area contributed by atoms with Crippen LogP contribution in [0.25, 0.3) is 0 Å². The van der Waals surface area contributed by atoms with Gasteiger partial charge in [0.15, 0.2) is 17.5 Å². The van der Waals surface area contributed by atoms with Crippen LogP contribution in [-0.2, 0) is 27.9 Å². The first kappa shape index (κ1) is 25.3. The Kier molecular flexibility index (Phi) is 6.30. The molecule has 0 saturated carbocycles. The van der Waals surface area contributed by atoms with Crippen LogP contribution in [0.4, 0.5) is 29.3 Å². The predicted molar refractivity (Wildman–Crippen MR) is 125 cm³/mol. The van der Waals surface area contributed by atoms with Crippen molar-refractivity contribution >= 4 is 33.4 Å². The van der Waals surface area contributed by atoms with E-state index in [1.165, 1.54) is 15.4 Å². The number of hydrogen-bond acceptors (Lipinski definition) is 6. The van der Waals surface area contributed by atoms with Gasteiger partial charge in [0.25, 0.3) is 0 Å². The number of aliphatic carboxylic acids is 1. The van der Waals surface area contributed by atoms with E-state index >= 15 is 0 Å². The van der Waals surface area contributed by atoms with Crippen LogP contribution in [0.1, 0.15) is 25.5 Å². The fraction of sp³-hybridized carbons (Fsp3) is 0.500. The number of nitrogens with one attached hydrogen (secondary N) is 1. The van der Waals surface area contributed by atoms with Crippen molar-refractivity contribution < 1.29 is 36.3 Å². The van der Waals surface area contributed by atoms with Crippen molar-refractivity contribution in [3.63, 3.8) is 0 Å². The van der Waals surface area contributed by atoms with Crippen LogP contribution in [0, 0.1) is 17.5 Å². The molecule has 0 radical (unpaired) electrons. The molecule has 2 N–H and O–H groups in total. The summed E-state index contributed by atoms with van der Waals surface area (Å²) >= 11 is 0. The molecular formula is C22H25F3N6O5S. The van der Waals surface area contributed by atoms with Crippen molar-refractivity contribution in [3.8, 4) is 0 Å². The first-order valence-corrected chi connectivity index (χ1v) is 13.3. The summed E-state index contributed by atoms with van der Waals surface area (Å²) in [6.45, 7) is 2.47. The third-order valence-corrected chi connectivity index (χ3v) is 8.97. The van der Waals surface area contributed by atoms with Crippen molar-refractivity contribution in [2.24, 2.45) is 0 Å². The summed E-state index contributed by atoms with van der Waals surface area (Å²) in [6.07, 6.45) is 2.53. The Morgan fingerprint density at radius 2 is 1.86 bits per heavy atom. The Bertz CT molecular complexity index is 1350. The molecule has 1 unspecified atom stereocenters. The number of hydrogen-bond donors (Lipinski definition) is 2. The molecule has 1 aromatic carbocycles. The Morgan fingerprint density at radius 1 is 1.16 bits per heavy atom. The normalized spacial score (nSPS) is 25.4. The van der Waals surface area contributed by atoms with Crippen molar-refractivity contribution in [1.29, 1.82) is 0 Å². The lowest BCUT2D eigenvalue weighted by Crippen LogP contribution is -2.47. The molecule has 5 rings (SSSR count). The lowest BCUT2D eigenvalue weighted by atomic mass is 10.1. The predicted octanol–water partition coefficient (Wildman–Crippen LogP) is 1.80. The van der Waals surface area contributed by atoms with Crippen LogP contribution in [0.3, 0.4) is 0 Å². The number of aromatic nitrogens is 2. The summed E-state index contributed by atoms with van der Waals surface area (Å²) in [5.41, 5.74) is 0.471. The van der Waals surface area contributed by atoms with Crippen LogP contribution in [0.15, 0.2) is 18.3 Å². The number of fused-ring (bicyclic) bond motifs is 1. The summed E-state index contributed by atoms with van der Waals surface area (Å²) < 4.78 is 69.5. The lowest BCUT2D eigenvalue weighted by Gasteiger charge is -2.35. The standard InChI is InChI=1S/C22H25F3N6O5S/c1-12-8-30-19(10-29(12)22(34)27-13-5-15(23)20(25)16(24)6-13)18(7-26-30)31-9-14(11-37(31,35)36)28-4-2-3-17(28)21(32)33/h5-7,12,14,17H,2-4,8-11H2,1H3,(H,27,34)(H,32,33)/t12-,14?,17-/m0/s1. The fourth-order valence-electron chi connectivity index (χ4n) is 5.32. The van der Waals surface area contributed by atoms with Gasteiger partial charge in [0.05, 0.1) is 49.0 Å². The number of nitrogens with zero attached hydrogens (tertiary/aromatic N) is 5. The molecule has 200 valence electrons. The molecule has 1 aromatic heterocycles. The zero-order valence-electron chi connectivity index (χ0n) is 19.8. The molecule has 0 aliphatic carbocycles. The highest BCUT2D eigenvalue weighted by Crippen LogP contribution is 2.34. The minimum Gasteiger partial charge on any atom is -0.480 e. The van der Waals surface area contributed by atoms with Crippen molar-refractivity contribution in [2.45, 2.75) is 51.0 Å². The number of anilines is 2. The first-order valence-electron chi connectivity index (χ1n) is 11.7. The quantitative estimate of drug-likeness (QED) is 0.564. The van der Waals surface area contributed by atoms with Gasteiger partial charge in [0.1, 0.15) is 6.04 Å². The topological polar surface area (TPSA) is 128 Å². The second-order valence-electron chi connectivity index (χ2n) is 9.52. The summed E-state index contributed by atoms with van der Waals surface area (Å²) in [5.74, 6) is -5.75. The zero-order valence-corrected chi connectivity index (χ0v) is 20.6. The van der Waals surface area contributed by atoms with Gasteiger partial charge in [-0.05, 0) is 26.3 Å². The van der Waals surface area contributed by atoms with E-state index in [0.717, 1.165) is 0 Å². The molecule has 37 heavy (non-hydrogen) atoms. The molecule has 2 fully saturated rings. The van der Waals surface area contributed by atoms with Gasteiger partial charge in [-0.25, -0.2) is 26.4 Å². The van der Waals surface area contributed by atoms with E-state index < -0.39 is 57.6 Å². The zero-order chi connectivity index (χ0) is 26.6. The van der Waals surface area contributed by atoms with Crippen molar-refractivity contribution in [2.75, 3.05) is 28.5 Å². The van der Waals surface area contributed by atoms with Crippen LogP contribution in [0.2, 0.25) is 0 Å². The average molecular weight is 543 g/mol. The SMILES string of the molecule is C[C@H]1Cn2ncc(N3CC(N4CCC[C@H]4C(=O)O)CS3(=O)=O)c2CN1C(=O)Nc1cc(F)c(F)c(F)c1. The number of likely N-dealkylation sites (tertiary alicyclic amines) is 1. The second kappa shape index (κ2) is 9.20. The molecule has 2 saturated heterocycles. The highest BCUT2D eigenvalue weighted by atomic mass is 32.2. The monoisotopic (exact) mass is 542 g/mol. The minimum atomic E-state index is -3.79. The number of benzene rings is 1. The Hall–Kier alpha value is -3.33. The summed E-state index contributed by atoms with van der Waals surface area (Å²) in [5, 5.41) is 16.2. The molecule has 11 nitrogen and oxygen atoms in total. The number of carbonyl (C=O) groups excluding carboxylic acids is 1. The molecular weight excluding hydrogens is 517 g/mol. The molecule has 3 aliphatic heterocycles. The van der Waals surface area contributed by atoms with E-state index in [9.17, 15) is 36.3 Å². The van der Waals surface area contributed by atoms with Gasteiger partial charge in [-0.3, -0.25) is 18.7 Å². The number of carboxylic acid groups (broad SMARTS) is 1. The van der Waals surface area contributed by atoms with Crippen molar-refractivity contribution in [3.05, 3.63) is 41.5 Å². The third-order valence-electron chi connectivity index (χ3n) is 7.14. The molecule has 3 aliphatic rings. The van der Waals surface area contributed by atoms with Gasteiger partial charge in [-0.15, -0.1) is 0 Å². The van der Waals surface area contributed by atoms with Gasteiger partial charge in [0, 0.05) is 23.9 Å². The first-order chi connectivity index (χ1) is 17.5. The van der Waals surface area contributed by atoms with Gasteiger partial charge < -0.3 is 15.3 Å². The minimum absolute atomic E-state index is 0.0490. The van der Waals surface area contributed by atoms with E-state index in [2.05, 4.69) is 10.4 Å². The van der Waals surface area contributed by atoms with E-state index in [1.807, 2.05) is 0 Å². The number of urea groups is 1. The maximum atomic E-state index is 13.6. The maximum Gasteiger partial charge on any atom is 0.322 e. The summed E-state index contributed by atoms with van der Waals surface area (Å²) in [4.78, 5) is 27.7. The smallest absolute Gasteiger partial charge is 0.322 e. The number of carbonyl (C=O) groups is 2. The van der Waals surface area contributed by atoms with E-state index in [4.69, 9.17) is 0 Å². The van der Waals surface area contributed by atoms with Gasteiger partial charge in [-0.1, -0.05) is 0 Å². The summed E-state index contributed by atoms with van der Waals surface area (Å²) in [7, 11) is -3.79. The molecule has 2 amide bonds. The van der Waals surface area contributed by atoms with E-state index in [0.29, 0.717) is 37.2 Å². The molecule has 4 heterocycles. The number of halogens is 3. The van der Waals surface area contributed by atoms with Crippen LogP contribution in [-0.4, -0.2) is 82.1 Å². The lowest BCUT2D eigenvalue weighted by molar-refractivity contribution is -0.142. The average Bonchev–Trinajstić information content (AvgIpc) is 3.53. The molecule has 0 spiro atoms. The number of amides is 2. The highest BCUT2D eigenvalue weighted by Gasteiger charge is 2.46. The van der Waals surface area contributed by atoms with Gasteiger partial charge >= 0.3 is 12.0 Å². The van der Waals surface area contributed by atoms with Gasteiger partial charge in [-0.2, -0.15) is 5.10 Å². The highest BCUT2D eigenvalue weighted by molar-refractivity contribution is 7.93. The van der Waals surface area contributed by atoms with Crippen LogP contribution in [0.5, 0.6) is 0 Å². The van der Waals surface area contributed by atoms with Crippen molar-refractivity contribution in [1.82, 2.24) is 19.6 Å². The van der Waals surface area contributed by atoms with Crippen LogP contribution >= 0.6 is 0 Å². The van der Waals surface area contributed by atoms with E-state index in [1.54, 1.807) is 16.5 Å². The summed E-state index contributed by atoms with van der Waals surface area (Å²) in [6, 6.07) is -1.02. The number of sulfonamides is 1. The molecule has 0 bridgehead atoms. The van der Waals surface area contributed by atoms with Crippen LogP contribution < -0.4 is 9.62 Å². The molecule has 3 atom stereocenters. The second-order valence-corrected chi connectivity index (χ2v) is 11.5. The molecule has 2 aromatic rings. The Morgan fingerprint density at radius 3 is 2.54 bits per heavy atom. The molecule has 15 heteroatoms. The van der Waals surface area contributed by atoms with E-state index in [-0.39, 0.29) is 36.8 Å². The number of rotatable bonds is 4. The number of carboxylic acids is 1. The largest absolute Gasteiger partial charge is 0.480 e. The third kappa shape index (κ3) is 4.50. The Labute approximate surface area is 210 Å².